The number of hydrogen-bond acceptors (Lipinski definition) is 3. The second-order valence-electron chi connectivity index (χ2n) is 5.64. The van der Waals surface area contributed by atoms with Gasteiger partial charge in [0, 0.05) is 19.0 Å². The first-order chi connectivity index (χ1) is 8.29. The van der Waals surface area contributed by atoms with E-state index in [0.717, 1.165) is 6.42 Å². The summed E-state index contributed by atoms with van der Waals surface area (Å²) in [6.07, 6.45) is 1.29. The van der Waals surface area contributed by atoms with Crippen molar-refractivity contribution in [1.29, 1.82) is 0 Å². The molecule has 0 bridgehead atoms. The third-order valence-electron chi connectivity index (χ3n) is 3.65. The summed E-state index contributed by atoms with van der Waals surface area (Å²) in [7, 11) is 0. The molecule has 1 heterocycles. The lowest BCUT2D eigenvalue weighted by Crippen LogP contribution is -2.67. The molecule has 0 saturated carbocycles. The molecule has 0 aliphatic carbocycles. The van der Waals surface area contributed by atoms with Crippen LogP contribution in [0.1, 0.15) is 47.0 Å². The molecule has 1 rings (SSSR count). The van der Waals surface area contributed by atoms with Gasteiger partial charge in [0.05, 0.1) is 11.6 Å². The quantitative estimate of drug-likeness (QED) is 0.776. The standard InChI is InChI=1S/C13H24N2O3/c1-5-9(2)15-12(18)10(6-7-11(16)17)14-8-13(15,3)4/h9-10,14H,5-8H2,1-4H3,(H,16,17). The Morgan fingerprint density at radius 2 is 2.22 bits per heavy atom. The number of carbonyl (C=O) groups is 2. The zero-order chi connectivity index (χ0) is 13.9. The second-order valence-corrected chi connectivity index (χ2v) is 5.64. The van der Waals surface area contributed by atoms with E-state index in [-0.39, 0.29) is 30.0 Å². The Kier molecular flexibility index (Phi) is 4.73. The summed E-state index contributed by atoms with van der Waals surface area (Å²) in [5, 5.41) is 11.9. The zero-order valence-corrected chi connectivity index (χ0v) is 11.7. The Labute approximate surface area is 109 Å². The van der Waals surface area contributed by atoms with Crippen LogP contribution >= 0.6 is 0 Å². The predicted octanol–water partition coefficient (Wildman–Crippen LogP) is 1.23. The monoisotopic (exact) mass is 256 g/mol. The van der Waals surface area contributed by atoms with Crippen LogP contribution in [-0.2, 0) is 9.59 Å². The van der Waals surface area contributed by atoms with Gasteiger partial charge in [-0.15, -0.1) is 0 Å². The van der Waals surface area contributed by atoms with Crippen LogP contribution in [0.15, 0.2) is 0 Å². The highest BCUT2D eigenvalue weighted by molar-refractivity contribution is 5.84. The lowest BCUT2D eigenvalue weighted by Gasteiger charge is -2.48. The number of carboxylic acid groups (broad SMARTS) is 1. The Morgan fingerprint density at radius 3 is 2.72 bits per heavy atom. The zero-order valence-electron chi connectivity index (χ0n) is 11.7. The van der Waals surface area contributed by atoms with Gasteiger partial charge in [-0.25, -0.2) is 0 Å². The molecule has 5 heteroatoms. The summed E-state index contributed by atoms with van der Waals surface area (Å²) >= 11 is 0. The van der Waals surface area contributed by atoms with Crippen molar-refractivity contribution < 1.29 is 14.7 Å². The van der Waals surface area contributed by atoms with Crippen LogP contribution in [0.4, 0.5) is 0 Å². The summed E-state index contributed by atoms with van der Waals surface area (Å²) < 4.78 is 0. The summed E-state index contributed by atoms with van der Waals surface area (Å²) in [5.41, 5.74) is -0.216. The molecule has 0 aromatic heterocycles. The molecule has 1 saturated heterocycles. The first-order valence-corrected chi connectivity index (χ1v) is 6.58. The van der Waals surface area contributed by atoms with E-state index in [1.54, 1.807) is 0 Å². The van der Waals surface area contributed by atoms with Crippen molar-refractivity contribution in [2.45, 2.75) is 64.6 Å². The van der Waals surface area contributed by atoms with E-state index in [9.17, 15) is 9.59 Å². The number of amides is 1. The lowest BCUT2D eigenvalue weighted by atomic mass is 9.92. The number of rotatable bonds is 5. The molecule has 1 aliphatic heterocycles. The van der Waals surface area contributed by atoms with Crippen molar-refractivity contribution in [3.8, 4) is 0 Å². The molecule has 0 radical (unpaired) electrons. The number of nitrogens with one attached hydrogen (secondary N) is 1. The number of nitrogens with zero attached hydrogens (tertiary/aromatic N) is 1. The maximum atomic E-state index is 12.4. The maximum absolute atomic E-state index is 12.4. The van der Waals surface area contributed by atoms with E-state index in [2.05, 4.69) is 12.2 Å². The number of piperazine rings is 1. The van der Waals surface area contributed by atoms with E-state index in [0.29, 0.717) is 13.0 Å². The van der Waals surface area contributed by atoms with Gasteiger partial charge in [0.25, 0.3) is 0 Å². The highest BCUT2D eigenvalue weighted by Gasteiger charge is 2.41. The lowest BCUT2D eigenvalue weighted by molar-refractivity contribution is -0.147. The van der Waals surface area contributed by atoms with Crippen molar-refractivity contribution in [1.82, 2.24) is 10.2 Å². The van der Waals surface area contributed by atoms with Crippen molar-refractivity contribution >= 4 is 11.9 Å². The van der Waals surface area contributed by atoms with E-state index in [4.69, 9.17) is 5.11 Å². The average molecular weight is 256 g/mol. The normalized spacial score (nSPS) is 25.0. The summed E-state index contributed by atoms with van der Waals surface area (Å²) in [6.45, 7) is 8.88. The van der Waals surface area contributed by atoms with E-state index < -0.39 is 5.97 Å². The van der Waals surface area contributed by atoms with Gasteiger partial charge >= 0.3 is 5.97 Å². The molecule has 5 nitrogen and oxygen atoms in total. The van der Waals surface area contributed by atoms with Gasteiger partial charge in [-0.2, -0.15) is 0 Å². The Bertz CT molecular complexity index is 328. The van der Waals surface area contributed by atoms with Gasteiger partial charge < -0.3 is 15.3 Å². The van der Waals surface area contributed by atoms with Crippen molar-refractivity contribution in [3.63, 3.8) is 0 Å². The molecule has 1 amide bonds. The van der Waals surface area contributed by atoms with Gasteiger partial charge in [0.1, 0.15) is 0 Å². The number of carboxylic acids is 1. The van der Waals surface area contributed by atoms with Gasteiger partial charge in [-0.1, -0.05) is 6.92 Å². The van der Waals surface area contributed by atoms with Crippen LogP contribution in [0.25, 0.3) is 0 Å². The van der Waals surface area contributed by atoms with Crippen LogP contribution in [0.3, 0.4) is 0 Å². The van der Waals surface area contributed by atoms with Crippen LogP contribution in [-0.4, -0.2) is 46.1 Å². The number of carbonyl (C=O) groups excluding carboxylic acids is 1. The summed E-state index contributed by atoms with van der Waals surface area (Å²) in [4.78, 5) is 24.9. The largest absolute Gasteiger partial charge is 0.481 e. The Balaban J connectivity index is 2.78. The highest BCUT2D eigenvalue weighted by atomic mass is 16.4. The molecule has 1 aliphatic rings. The van der Waals surface area contributed by atoms with Gasteiger partial charge in [0.15, 0.2) is 0 Å². The molecule has 18 heavy (non-hydrogen) atoms. The molecule has 0 spiro atoms. The second kappa shape index (κ2) is 5.69. The Hall–Kier alpha value is -1.10. The van der Waals surface area contributed by atoms with E-state index in [1.165, 1.54) is 0 Å². The SMILES string of the molecule is CCC(C)N1C(=O)C(CCC(=O)O)NCC1(C)C. The minimum absolute atomic E-state index is 0.0260. The third-order valence-corrected chi connectivity index (χ3v) is 3.65. The summed E-state index contributed by atoms with van der Waals surface area (Å²) in [5.74, 6) is -0.827. The fraction of sp³-hybridized carbons (Fsp3) is 0.846. The number of hydrogen-bond donors (Lipinski definition) is 2. The van der Waals surface area contributed by atoms with Gasteiger partial charge in [0.2, 0.25) is 5.91 Å². The Morgan fingerprint density at radius 1 is 1.61 bits per heavy atom. The van der Waals surface area contributed by atoms with E-state index >= 15 is 0 Å². The minimum Gasteiger partial charge on any atom is -0.481 e. The smallest absolute Gasteiger partial charge is 0.303 e. The van der Waals surface area contributed by atoms with Crippen molar-refractivity contribution in [2.24, 2.45) is 0 Å². The molecular formula is C13H24N2O3. The molecule has 0 aromatic rings. The summed E-state index contributed by atoms with van der Waals surface area (Å²) in [6, 6.07) is -0.176. The third kappa shape index (κ3) is 3.22. The first kappa shape index (κ1) is 15.0. The molecule has 1 fully saturated rings. The van der Waals surface area contributed by atoms with Crippen molar-refractivity contribution in [2.75, 3.05) is 6.54 Å². The molecular weight excluding hydrogens is 232 g/mol. The first-order valence-electron chi connectivity index (χ1n) is 6.58. The minimum atomic E-state index is -0.857. The molecule has 2 unspecified atom stereocenters. The molecule has 0 aromatic carbocycles. The van der Waals surface area contributed by atoms with E-state index in [1.807, 2.05) is 25.7 Å². The van der Waals surface area contributed by atoms with Gasteiger partial charge in [-0.05, 0) is 33.6 Å². The molecule has 2 N–H and O–H groups in total. The fourth-order valence-corrected chi connectivity index (χ4v) is 2.50. The fourth-order valence-electron chi connectivity index (χ4n) is 2.50. The highest BCUT2D eigenvalue weighted by Crippen LogP contribution is 2.25. The topological polar surface area (TPSA) is 69.6 Å². The van der Waals surface area contributed by atoms with Crippen LogP contribution in [0.5, 0.6) is 0 Å². The van der Waals surface area contributed by atoms with Gasteiger partial charge in [-0.3, -0.25) is 9.59 Å². The van der Waals surface area contributed by atoms with Crippen LogP contribution in [0, 0.1) is 0 Å². The molecule has 104 valence electrons. The predicted molar refractivity (Wildman–Crippen MR) is 69.3 cm³/mol. The van der Waals surface area contributed by atoms with Crippen LogP contribution < -0.4 is 5.32 Å². The number of aliphatic carboxylic acids is 1. The maximum Gasteiger partial charge on any atom is 0.303 e. The van der Waals surface area contributed by atoms with Crippen LogP contribution in [0.2, 0.25) is 0 Å². The molecule has 2 atom stereocenters. The average Bonchev–Trinajstić information content (AvgIpc) is 2.26. The van der Waals surface area contributed by atoms with Crippen molar-refractivity contribution in [3.05, 3.63) is 0 Å².